The Morgan fingerprint density at radius 1 is 0.442 bits per heavy atom. The number of hydrogen-bond acceptors (Lipinski definition) is 8. The minimum Gasteiger partial charge on any atom is -0.414 e. The molecule has 2 aromatic heterocycles. The molecule has 9 heteroatoms. The second-order valence-electron chi connectivity index (χ2n) is 11.4. The van der Waals surface area contributed by atoms with Gasteiger partial charge in [-0.2, -0.15) is 0 Å². The molecule has 0 radical (unpaired) electrons. The maximum Gasteiger partial charge on any atom is 2.00 e. The quantitative estimate of drug-likeness (QED) is 0.219. The summed E-state index contributed by atoms with van der Waals surface area (Å²) in [5.74, 6) is 0. The minimum atomic E-state index is 0. The molecule has 2 heterocycles. The van der Waals surface area contributed by atoms with E-state index in [0.29, 0.717) is 0 Å². The van der Waals surface area contributed by atoms with Crippen LogP contribution in [0.3, 0.4) is 0 Å². The molecule has 43 heavy (non-hydrogen) atoms. The van der Waals surface area contributed by atoms with Gasteiger partial charge in [-0.1, -0.05) is 12.1 Å². The summed E-state index contributed by atoms with van der Waals surface area (Å²) in [6.07, 6.45) is 3.68. The number of rotatable bonds is 8. The molecule has 0 saturated carbocycles. The van der Waals surface area contributed by atoms with Gasteiger partial charge in [0.05, 0.1) is 0 Å². The molecule has 4 rings (SSSR count). The Bertz CT molecular complexity index is 1350. The predicted octanol–water partition coefficient (Wildman–Crippen LogP) is 5.49. The Morgan fingerprint density at radius 2 is 0.767 bits per heavy atom. The van der Waals surface area contributed by atoms with Crippen molar-refractivity contribution < 1.29 is 21.1 Å². The Labute approximate surface area is 273 Å². The third-order valence-electron chi connectivity index (χ3n) is 6.81. The summed E-state index contributed by atoms with van der Waals surface area (Å²) < 4.78 is 0. The monoisotopic (exact) mass is 761 g/mol. The first kappa shape index (κ1) is 35.4. The fourth-order valence-electron chi connectivity index (χ4n) is 4.36. The van der Waals surface area contributed by atoms with Gasteiger partial charge in [0, 0.05) is 80.1 Å². The fraction of sp³-hybridized carbons (Fsp3) is 0.353. The zero-order valence-corrected chi connectivity index (χ0v) is 29.9. The van der Waals surface area contributed by atoms with Gasteiger partial charge in [0.15, 0.2) is 0 Å². The van der Waals surface area contributed by atoms with E-state index in [2.05, 4.69) is 104 Å². The molecule has 0 atom stereocenters. The van der Waals surface area contributed by atoms with Crippen LogP contribution in [-0.2, 0) is 21.1 Å². The van der Waals surface area contributed by atoms with Crippen molar-refractivity contribution in [2.45, 2.75) is 0 Å². The van der Waals surface area contributed by atoms with Crippen molar-refractivity contribution in [3.05, 3.63) is 73.1 Å². The molecule has 8 nitrogen and oxygen atoms in total. The van der Waals surface area contributed by atoms with E-state index in [1.807, 2.05) is 93.0 Å². The average molecular weight is 762 g/mol. The molecule has 232 valence electrons. The molecule has 4 aromatic rings. The number of benzene rings is 2. The van der Waals surface area contributed by atoms with Crippen LogP contribution < -0.4 is 29.4 Å². The molecular weight excluding hydrogens is 716 g/mol. The predicted molar refractivity (Wildman–Crippen MR) is 183 cm³/mol. The normalized spacial score (nSPS) is 10.1. The second kappa shape index (κ2) is 15.6. The molecule has 0 fully saturated rings. The van der Waals surface area contributed by atoms with Crippen molar-refractivity contribution in [3.63, 3.8) is 0 Å². The average Bonchev–Trinajstić information content (AvgIpc) is 2.96. The summed E-state index contributed by atoms with van der Waals surface area (Å²) in [4.78, 5) is 21.5. The second-order valence-corrected chi connectivity index (χ2v) is 11.4. The molecule has 0 unspecified atom stereocenters. The summed E-state index contributed by atoms with van der Waals surface area (Å²) in [7, 11) is 24.5. The van der Waals surface area contributed by atoms with E-state index in [-0.39, 0.29) is 21.1 Å². The third kappa shape index (κ3) is 9.11. The van der Waals surface area contributed by atoms with Gasteiger partial charge in [0.2, 0.25) is 0 Å². The van der Waals surface area contributed by atoms with Gasteiger partial charge < -0.3 is 39.4 Å². The Kier molecular flexibility index (Phi) is 12.9. The van der Waals surface area contributed by atoms with E-state index in [4.69, 9.17) is 0 Å². The van der Waals surface area contributed by atoms with Crippen molar-refractivity contribution in [3.8, 4) is 22.5 Å². The molecule has 0 aliphatic heterocycles. The van der Waals surface area contributed by atoms with Crippen molar-refractivity contribution in [2.24, 2.45) is 0 Å². The van der Waals surface area contributed by atoms with Crippen LogP contribution in [0.2, 0.25) is 0 Å². The smallest absolute Gasteiger partial charge is 0.414 e. The number of hydrogen-bond donors (Lipinski definition) is 0. The summed E-state index contributed by atoms with van der Waals surface area (Å²) in [6.45, 7) is 0. The Morgan fingerprint density at radius 3 is 1.05 bits per heavy atom. The SMILES string of the molecule is CN(C)c1ccnc(-c2[c-]cc(N(C)C)c(N(C)C)c2)c1.CN(C)c1ccnc(-c2[c-]cc(N(C)C)c(N(C)C)c2)c1.[Pt+2]. The summed E-state index contributed by atoms with van der Waals surface area (Å²) >= 11 is 0. The van der Waals surface area contributed by atoms with E-state index in [1.54, 1.807) is 0 Å². The van der Waals surface area contributed by atoms with Crippen LogP contribution in [0.15, 0.2) is 60.9 Å². The number of pyridine rings is 2. The van der Waals surface area contributed by atoms with Gasteiger partial charge in [-0.05, 0) is 74.5 Å². The molecule has 0 saturated heterocycles. The van der Waals surface area contributed by atoms with Gasteiger partial charge in [-0.15, -0.1) is 47.5 Å². The van der Waals surface area contributed by atoms with Crippen LogP contribution in [0, 0.1) is 12.1 Å². The third-order valence-corrected chi connectivity index (χ3v) is 6.81. The molecule has 0 N–H and O–H groups in total. The van der Waals surface area contributed by atoms with Crippen LogP contribution in [0.5, 0.6) is 0 Å². The van der Waals surface area contributed by atoms with E-state index < -0.39 is 0 Å². The summed E-state index contributed by atoms with van der Waals surface area (Å²) in [6, 6.07) is 23.2. The minimum absolute atomic E-state index is 0. The van der Waals surface area contributed by atoms with Gasteiger partial charge >= 0.3 is 21.1 Å². The van der Waals surface area contributed by atoms with Crippen molar-refractivity contribution in [2.75, 3.05) is 114 Å². The van der Waals surface area contributed by atoms with Crippen molar-refractivity contribution in [1.29, 1.82) is 0 Å². The van der Waals surface area contributed by atoms with Gasteiger partial charge in [-0.25, -0.2) is 0 Å². The van der Waals surface area contributed by atoms with Crippen LogP contribution in [0.4, 0.5) is 34.1 Å². The van der Waals surface area contributed by atoms with Crippen LogP contribution in [0.25, 0.3) is 22.5 Å². The number of anilines is 6. The number of nitrogens with zero attached hydrogens (tertiary/aromatic N) is 8. The molecule has 0 amide bonds. The molecule has 0 aliphatic rings. The molecular formula is C34H46N8Pt. The van der Waals surface area contributed by atoms with Crippen molar-refractivity contribution >= 4 is 34.1 Å². The molecule has 0 aliphatic carbocycles. The zero-order valence-electron chi connectivity index (χ0n) is 27.7. The Balaban J connectivity index is 0.000000293. The Hall–Kier alpha value is -3.77. The maximum absolute atomic E-state index is 4.48. The standard InChI is InChI=1S/2C17H23N4.Pt/c2*1-19(2)14-9-10-18-15(12-14)13-7-8-16(20(3)4)17(11-13)21(5)6;/h2*8-12H,1-6H3;/q2*-1;+2. The molecule has 0 spiro atoms. The summed E-state index contributed by atoms with van der Waals surface area (Å²) in [5, 5.41) is 0. The summed E-state index contributed by atoms with van der Waals surface area (Å²) in [5.41, 5.74) is 10.8. The first-order valence-corrected chi connectivity index (χ1v) is 13.9. The largest absolute Gasteiger partial charge is 2.00 e. The maximum atomic E-state index is 4.48. The van der Waals surface area contributed by atoms with Crippen molar-refractivity contribution in [1.82, 2.24) is 9.97 Å². The van der Waals surface area contributed by atoms with E-state index in [0.717, 1.165) is 56.6 Å². The van der Waals surface area contributed by atoms with Crippen LogP contribution >= 0.6 is 0 Å². The van der Waals surface area contributed by atoms with E-state index in [1.165, 1.54) is 0 Å². The van der Waals surface area contributed by atoms with E-state index >= 15 is 0 Å². The topological polar surface area (TPSA) is 45.2 Å². The number of aromatic nitrogens is 2. The first-order chi connectivity index (χ1) is 19.8. The van der Waals surface area contributed by atoms with Crippen LogP contribution in [-0.4, -0.2) is 94.5 Å². The van der Waals surface area contributed by atoms with E-state index in [9.17, 15) is 0 Å². The van der Waals surface area contributed by atoms with Crippen LogP contribution in [0.1, 0.15) is 0 Å². The molecule has 0 bridgehead atoms. The van der Waals surface area contributed by atoms with Gasteiger partial charge in [0.25, 0.3) is 0 Å². The fourth-order valence-corrected chi connectivity index (χ4v) is 4.36. The first-order valence-electron chi connectivity index (χ1n) is 13.9. The molecule has 2 aromatic carbocycles. The van der Waals surface area contributed by atoms with Gasteiger partial charge in [-0.3, -0.25) is 0 Å². The zero-order chi connectivity index (χ0) is 31.1. The van der Waals surface area contributed by atoms with Gasteiger partial charge in [0.1, 0.15) is 0 Å².